The molecule has 11 heteroatoms. The Kier molecular flexibility index (Phi) is 10.8. The average Bonchev–Trinajstić information content (AvgIpc) is 3.40. The Morgan fingerprint density at radius 3 is 2.36 bits per heavy atom. The third-order valence-corrected chi connectivity index (χ3v) is 7.04. The van der Waals surface area contributed by atoms with Gasteiger partial charge in [0.05, 0.1) is 13.7 Å². The number of nitrogens with one attached hydrogen (secondary N) is 1. The van der Waals surface area contributed by atoms with Crippen molar-refractivity contribution in [3.8, 4) is 11.5 Å². The Bertz CT molecular complexity index is 1500. The van der Waals surface area contributed by atoms with Gasteiger partial charge in [0.1, 0.15) is 28.7 Å². The Morgan fingerprint density at radius 2 is 1.71 bits per heavy atom. The molecule has 0 aliphatic carbocycles. The van der Waals surface area contributed by atoms with Gasteiger partial charge in [-0.05, 0) is 81.3 Å². The van der Waals surface area contributed by atoms with Crippen molar-refractivity contribution in [2.45, 2.75) is 63.8 Å². The van der Waals surface area contributed by atoms with E-state index in [0.717, 1.165) is 12.1 Å². The van der Waals surface area contributed by atoms with Gasteiger partial charge in [-0.25, -0.2) is 13.8 Å². The molecule has 0 spiro atoms. The fourth-order valence-electron chi connectivity index (χ4n) is 4.88. The van der Waals surface area contributed by atoms with Crippen molar-refractivity contribution in [1.29, 1.82) is 0 Å². The zero-order valence-corrected chi connectivity index (χ0v) is 25.8. The summed E-state index contributed by atoms with van der Waals surface area (Å²) in [5, 5.41) is 11.7. The minimum atomic E-state index is -1.74. The summed E-state index contributed by atoms with van der Waals surface area (Å²) in [7, 11) is 1.51. The van der Waals surface area contributed by atoms with Crippen molar-refractivity contribution in [1.82, 2.24) is 5.32 Å². The highest BCUT2D eigenvalue weighted by molar-refractivity contribution is 6.01. The Hall–Kier alpha value is -4.51. The number of esters is 1. The first-order valence-corrected chi connectivity index (χ1v) is 14.6. The summed E-state index contributed by atoms with van der Waals surface area (Å²) in [4.78, 5) is 31.9. The van der Waals surface area contributed by atoms with E-state index in [0.29, 0.717) is 35.7 Å². The van der Waals surface area contributed by atoms with Crippen molar-refractivity contribution >= 4 is 17.8 Å². The normalized spacial score (nSPS) is 17.7. The van der Waals surface area contributed by atoms with Crippen LogP contribution in [-0.4, -0.2) is 54.3 Å². The maximum atomic E-state index is 14.5. The molecule has 240 valence electrons. The van der Waals surface area contributed by atoms with Gasteiger partial charge in [-0.15, -0.1) is 0 Å². The lowest BCUT2D eigenvalue weighted by atomic mass is 9.83. The van der Waals surface area contributed by atoms with E-state index in [-0.39, 0.29) is 30.9 Å². The average molecular weight is 625 g/mol. The van der Waals surface area contributed by atoms with Gasteiger partial charge in [0.15, 0.2) is 11.6 Å². The molecular weight excluding hydrogens is 586 g/mol. The minimum absolute atomic E-state index is 0.00534. The summed E-state index contributed by atoms with van der Waals surface area (Å²) in [6.45, 7) is 5.10. The van der Waals surface area contributed by atoms with Gasteiger partial charge in [0.25, 0.3) is 5.91 Å². The Balaban J connectivity index is 1.76. The van der Waals surface area contributed by atoms with Crippen LogP contribution in [0.5, 0.6) is 11.5 Å². The van der Waals surface area contributed by atoms with Crippen LogP contribution in [0.2, 0.25) is 0 Å². The van der Waals surface area contributed by atoms with Gasteiger partial charge >= 0.3 is 5.97 Å². The first-order chi connectivity index (χ1) is 21.5. The highest BCUT2D eigenvalue weighted by atomic mass is 19.1. The first-order valence-electron chi connectivity index (χ1n) is 14.6. The molecule has 0 aromatic heterocycles. The smallest absolute Gasteiger partial charge is 0.306 e. The zero-order valence-electron chi connectivity index (χ0n) is 25.8. The van der Waals surface area contributed by atoms with Gasteiger partial charge < -0.3 is 29.4 Å². The second-order valence-corrected chi connectivity index (χ2v) is 11.5. The fraction of sp³-hybridized carbons (Fsp3) is 0.382. The van der Waals surface area contributed by atoms with Crippen molar-refractivity contribution in [3.63, 3.8) is 0 Å². The molecule has 1 aliphatic heterocycles. The minimum Gasteiger partial charge on any atom is -0.497 e. The lowest BCUT2D eigenvalue weighted by Gasteiger charge is -2.31. The molecule has 45 heavy (non-hydrogen) atoms. The Morgan fingerprint density at radius 1 is 1.02 bits per heavy atom. The number of carbonyl (C=O) groups is 2. The number of amides is 1. The number of benzene rings is 3. The number of methoxy groups -OCH3 is 1. The molecule has 3 aromatic rings. The zero-order chi connectivity index (χ0) is 32.6. The third kappa shape index (κ3) is 8.36. The van der Waals surface area contributed by atoms with Crippen LogP contribution in [0, 0.1) is 11.6 Å². The second-order valence-electron chi connectivity index (χ2n) is 11.5. The number of nitrogens with zero attached hydrogens (tertiary/aromatic N) is 1. The maximum absolute atomic E-state index is 14.5. The van der Waals surface area contributed by atoms with Crippen LogP contribution in [0.4, 0.5) is 8.78 Å². The summed E-state index contributed by atoms with van der Waals surface area (Å²) < 4.78 is 51.9. The molecule has 0 radical (unpaired) electrons. The molecule has 0 saturated heterocycles. The standard InChI is InChI=1S/C34H38F2N2O7/c1-33(2,3)45-29(40)16-17-34(32(41)37-21-26-27(35)10-6-11-28(26)36)30(23-8-5-9-25(20-23)42-4)44-31(38-34)22-12-14-24(15-13-22)43-19-7-18-39/h5-6,8-15,20,30,39H,7,16-19,21H2,1-4H3,(H,37,41)/t30-,34-/m1/s1. The van der Waals surface area contributed by atoms with Crippen LogP contribution in [0.15, 0.2) is 71.7 Å². The molecule has 1 amide bonds. The Labute approximate surface area is 261 Å². The van der Waals surface area contributed by atoms with E-state index in [2.05, 4.69) is 5.32 Å². The van der Waals surface area contributed by atoms with Crippen LogP contribution >= 0.6 is 0 Å². The lowest BCUT2D eigenvalue weighted by molar-refractivity contribution is -0.155. The quantitative estimate of drug-likeness (QED) is 0.193. The number of ether oxygens (including phenoxy) is 4. The lowest BCUT2D eigenvalue weighted by Crippen LogP contribution is -2.48. The predicted octanol–water partition coefficient (Wildman–Crippen LogP) is 5.43. The van der Waals surface area contributed by atoms with Crippen LogP contribution in [-0.2, 0) is 25.6 Å². The number of aliphatic imine (C=N–C) groups is 1. The topological polar surface area (TPSA) is 116 Å². The van der Waals surface area contributed by atoms with Crippen molar-refractivity contribution in [3.05, 3.63) is 95.1 Å². The summed E-state index contributed by atoms with van der Waals surface area (Å²) in [5.74, 6) is -1.67. The monoisotopic (exact) mass is 624 g/mol. The van der Waals surface area contributed by atoms with Gasteiger partial charge in [-0.2, -0.15) is 0 Å². The fourth-order valence-corrected chi connectivity index (χ4v) is 4.88. The molecule has 0 bridgehead atoms. The van der Waals surface area contributed by atoms with E-state index in [1.54, 1.807) is 69.3 Å². The molecule has 9 nitrogen and oxygen atoms in total. The predicted molar refractivity (Wildman–Crippen MR) is 163 cm³/mol. The summed E-state index contributed by atoms with van der Waals surface area (Å²) >= 11 is 0. The number of carbonyl (C=O) groups excluding carboxylic acids is 2. The summed E-state index contributed by atoms with van der Waals surface area (Å²) in [6.07, 6.45) is -0.902. The number of hydrogen-bond acceptors (Lipinski definition) is 8. The molecule has 0 saturated carbocycles. The van der Waals surface area contributed by atoms with Gasteiger partial charge in [-0.3, -0.25) is 9.59 Å². The maximum Gasteiger partial charge on any atom is 0.306 e. The molecule has 2 N–H and O–H groups in total. The molecule has 1 heterocycles. The van der Waals surface area contributed by atoms with Crippen molar-refractivity contribution < 1.29 is 42.4 Å². The second kappa shape index (κ2) is 14.5. The van der Waals surface area contributed by atoms with Crippen LogP contribution in [0.1, 0.15) is 62.8 Å². The van der Waals surface area contributed by atoms with Crippen LogP contribution < -0.4 is 14.8 Å². The van der Waals surface area contributed by atoms with Crippen molar-refractivity contribution in [2.24, 2.45) is 4.99 Å². The number of aliphatic hydroxyl groups is 1. The molecule has 3 aromatic carbocycles. The number of rotatable bonds is 13. The van der Waals surface area contributed by atoms with Crippen molar-refractivity contribution in [2.75, 3.05) is 20.3 Å². The molecular formula is C34H38F2N2O7. The molecule has 2 atom stereocenters. The van der Waals surface area contributed by atoms with E-state index >= 15 is 0 Å². The van der Waals surface area contributed by atoms with Crippen LogP contribution in [0.25, 0.3) is 0 Å². The number of aliphatic hydroxyl groups excluding tert-OH is 1. The third-order valence-electron chi connectivity index (χ3n) is 7.04. The van der Waals surface area contributed by atoms with E-state index < -0.39 is 47.3 Å². The molecule has 1 aliphatic rings. The van der Waals surface area contributed by atoms with Gasteiger partial charge in [-0.1, -0.05) is 18.2 Å². The largest absolute Gasteiger partial charge is 0.497 e. The van der Waals surface area contributed by atoms with E-state index in [4.69, 9.17) is 29.0 Å². The number of hydrogen-bond donors (Lipinski definition) is 2. The molecule has 4 rings (SSSR count). The van der Waals surface area contributed by atoms with Crippen LogP contribution in [0.3, 0.4) is 0 Å². The number of halogens is 2. The van der Waals surface area contributed by atoms with E-state index in [1.807, 2.05) is 0 Å². The first kappa shape index (κ1) is 33.4. The van der Waals surface area contributed by atoms with E-state index in [9.17, 15) is 18.4 Å². The summed E-state index contributed by atoms with van der Waals surface area (Å²) in [5.41, 5.74) is -1.75. The highest BCUT2D eigenvalue weighted by Gasteiger charge is 2.53. The highest BCUT2D eigenvalue weighted by Crippen LogP contribution is 2.44. The van der Waals surface area contributed by atoms with Gasteiger partial charge in [0, 0.05) is 37.1 Å². The van der Waals surface area contributed by atoms with Gasteiger partial charge in [0.2, 0.25) is 5.90 Å². The van der Waals surface area contributed by atoms with E-state index in [1.165, 1.54) is 13.2 Å². The SMILES string of the molecule is COc1cccc([C@H]2OC(c3ccc(OCCCO)cc3)=N[C@@]2(CCC(=O)OC(C)(C)C)C(=O)NCc2c(F)cccc2F)c1. The molecule has 0 unspecified atom stereocenters. The summed E-state index contributed by atoms with van der Waals surface area (Å²) in [6, 6.07) is 17.2. The molecule has 0 fully saturated rings.